The summed E-state index contributed by atoms with van der Waals surface area (Å²) in [7, 11) is 0. The van der Waals surface area contributed by atoms with Crippen molar-refractivity contribution < 1.29 is 118 Å². The third kappa shape index (κ3) is 17.8. The van der Waals surface area contributed by atoms with Gasteiger partial charge < -0.3 is 117 Å². The molecular formula is C79H80Cl2N10O24. The molecule has 7 aliphatic rings. The second kappa shape index (κ2) is 34.8. The van der Waals surface area contributed by atoms with Crippen LogP contribution >= 0.6 is 23.2 Å². The zero-order valence-corrected chi connectivity index (χ0v) is 62.8. The van der Waals surface area contributed by atoms with E-state index in [9.17, 15) is 60.7 Å². The highest BCUT2D eigenvalue weighted by atomic mass is 35.5. The molecule has 0 aliphatic carbocycles. The first-order valence-electron chi connectivity index (χ1n) is 36.7. The zero-order valence-electron chi connectivity index (χ0n) is 61.3. The summed E-state index contributed by atoms with van der Waals surface area (Å²) in [4.78, 5) is 122. The minimum atomic E-state index is -2.40. The number of phenols is 6. The van der Waals surface area contributed by atoms with E-state index < -0.39 is 213 Å². The number of carboxylic acid groups (broad SMARTS) is 1. The molecule has 115 heavy (non-hydrogen) atoms. The molecule has 8 aromatic rings. The Kier molecular flexibility index (Phi) is 24.5. The number of carbonyl (C=O) groups is 8. The molecule has 1 fully saturated rings. The van der Waals surface area contributed by atoms with Gasteiger partial charge >= 0.3 is 5.97 Å². The van der Waals surface area contributed by atoms with Gasteiger partial charge in [0.05, 0.1) is 29.5 Å². The quantitative estimate of drug-likeness (QED) is 0.0417. The number of hydrogen-bond donors (Lipinski definition) is 17. The molecule has 17 bridgehead atoms. The number of aromatic hydroxyl groups is 6. The Morgan fingerprint density at radius 1 is 0.591 bits per heavy atom. The van der Waals surface area contributed by atoms with Crippen LogP contribution in [0.2, 0.25) is 10.0 Å². The van der Waals surface area contributed by atoms with Crippen molar-refractivity contribution >= 4 is 70.5 Å². The number of aliphatic hydroxyl groups excluding tert-OH is 3. The number of unbranched alkanes of at least 4 members (excludes halogenated alkanes) is 7. The molecule has 0 unspecified atom stereocenters. The van der Waals surface area contributed by atoms with E-state index in [4.69, 9.17) is 51.6 Å². The van der Waals surface area contributed by atoms with Crippen molar-refractivity contribution in [3.8, 4) is 80.1 Å². The summed E-state index contributed by atoms with van der Waals surface area (Å²) in [6.07, 6.45) is -0.205. The number of carbonyl (C=O) groups excluding carboxylic acids is 7. The highest BCUT2D eigenvalue weighted by molar-refractivity contribution is 6.32. The van der Waals surface area contributed by atoms with Gasteiger partial charge in [0.2, 0.25) is 47.1 Å². The topological polar surface area (TPSA) is 509 Å². The number of ether oxygens (including phenoxy) is 6. The average molecular weight is 1620 g/mol. The zero-order chi connectivity index (χ0) is 81.8. The number of amides is 7. The van der Waals surface area contributed by atoms with Crippen LogP contribution < -0.4 is 51.4 Å². The molecule has 0 radical (unpaired) electrons. The lowest BCUT2D eigenvalue weighted by Gasteiger charge is -2.44. The monoisotopic (exact) mass is 1620 g/mol. The van der Waals surface area contributed by atoms with Crippen molar-refractivity contribution in [2.45, 2.75) is 157 Å². The Hall–Kier alpha value is -12.0. The normalized spacial score (nSPS) is 23.4. The predicted molar refractivity (Wildman–Crippen MR) is 403 cm³/mol. The van der Waals surface area contributed by atoms with Crippen LogP contribution in [-0.4, -0.2) is 169 Å². The number of fused-ring (bicyclic) bond motifs is 14. The van der Waals surface area contributed by atoms with E-state index in [1.165, 1.54) is 72.3 Å². The van der Waals surface area contributed by atoms with Crippen LogP contribution in [0, 0.1) is 0 Å². The highest BCUT2D eigenvalue weighted by Gasteiger charge is 2.49. The van der Waals surface area contributed by atoms with Crippen LogP contribution in [-0.2, 0) is 65.6 Å². The number of aromatic nitrogens is 3. The van der Waals surface area contributed by atoms with E-state index in [-0.39, 0.29) is 62.4 Å². The van der Waals surface area contributed by atoms with Gasteiger partial charge in [-0.15, -0.1) is 5.10 Å². The van der Waals surface area contributed by atoms with E-state index in [2.05, 4.69) is 54.5 Å². The number of carboxylic acids is 1. The van der Waals surface area contributed by atoms with Gasteiger partial charge in [-0.1, -0.05) is 105 Å². The standard InChI is InChI=1S/C79H80Cl2N10O24/c1-3-4-5-6-7-8-9-10-19-110-34-42-32-91(90-89-42)67-38-13-16-52(97)56(26-38)111-45-23-40(22-43(94)29-45)62-74(104)86-63-41-27-57(112-54-17-11-36(20-48(54)80)21-50(72(102)84-62)83-77(67)107)68(99)58(28-41)113-55-18-14-39(25-49(55)81)71(115-79-65(82-35(2)93)70(101)69(100)59(33-92)114-79)66-76(106)87-64(78(108)109)47-30-44(95)31-53(98)60(47)46-24-37(12-15-51(46)96)61(73(103)88-66)85-75(63)105/h11-18,20,22-32,50,59,61-67,69-71,79,92,94-101H,3-10,19,21,33-34H2,1-2H3,(H,82,93)(H,83,107)(H,84,102)(H,85,105)(H,86,104)(H,87,106)(H,88,103)(H,108,109)/t50-,59-,61-,62+,63-,64-,65-,66+,67-,69-,70-,71-,79+/m1/s1. The average Bonchev–Trinajstić information content (AvgIpc) is 0.825. The maximum Gasteiger partial charge on any atom is 0.330 e. The van der Waals surface area contributed by atoms with Crippen molar-refractivity contribution in [2.75, 3.05) is 13.2 Å². The van der Waals surface area contributed by atoms with Crippen molar-refractivity contribution in [2.24, 2.45) is 0 Å². The van der Waals surface area contributed by atoms with Gasteiger partial charge in [0.1, 0.15) is 107 Å². The van der Waals surface area contributed by atoms with E-state index in [0.717, 1.165) is 112 Å². The molecule has 34 nitrogen and oxygen atoms in total. The molecule has 15 rings (SSSR count). The SMILES string of the molecule is CCCCCCCCCCOCc1cn([C@H]2C(=O)N[C@@H]3Cc4ccc(c(Cl)c4)Oc4cc5cc(c4O)Oc4ccc(cc4Cl)[C@@H](O[C@@H]4O[C@H](CO)[C@@H](O)[C@H](O)[C@H]4NC(C)=O)[C@@H]4NC(=O)[C@H](NC(=O)[C@@H]5NC(=O)[C@@H](NC3=O)c3cc(O)cc(c3)Oc3cc2ccc3O)c2ccc(O)c(c2)-c2c(O)cc(O)cc2[C@H](C(=O)O)NC4=O)nn1. The molecule has 7 aromatic carbocycles. The maximum atomic E-state index is 16.3. The van der Waals surface area contributed by atoms with Gasteiger partial charge in [0, 0.05) is 48.8 Å². The first kappa shape index (κ1) is 81.0. The third-order valence-electron chi connectivity index (χ3n) is 20.1. The number of benzene rings is 7. The summed E-state index contributed by atoms with van der Waals surface area (Å²) in [5.41, 5.74) is -2.29. The second-order valence-electron chi connectivity index (χ2n) is 28.3. The fourth-order valence-corrected chi connectivity index (χ4v) is 14.8. The largest absolute Gasteiger partial charge is 0.508 e. The van der Waals surface area contributed by atoms with Crippen molar-refractivity contribution in [3.63, 3.8) is 0 Å². The molecule has 13 atom stereocenters. The van der Waals surface area contributed by atoms with Gasteiger partial charge in [-0.2, -0.15) is 0 Å². The van der Waals surface area contributed by atoms with Crippen LogP contribution in [0.4, 0.5) is 0 Å². The smallest absolute Gasteiger partial charge is 0.330 e. The summed E-state index contributed by atoms with van der Waals surface area (Å²) in [5, 5.41) is 140. The van der Waals surface area contributed by atoms with Crippen LogP contribution in [0.1, 0.15) is 146 Å². The van der Waals surface area contributed by atoms with E-state index >= 15 is 28.8 Å². The van der Waals surface area contributed by atoms with Gasteiger partial charge in [0.25, 0.3) is 0 Å². The van der Waals surface area contributed by atoms with E-state index in [0.29, 0.717) is 12.3 Å². The Morgan fingerprint density at radius 3 is 1.89 bits per heavy atom. The Labute approximate surface area is 664 Å². The van der Waals surface area contributed by atoms with Crippen LogP contribution in [0.5, 0.6) is 69.0 Å². The molecule has 604 valence electrons. The maximum absolute atomic E-state index is 16.3. The number of nitrogens with zero attached hydrogens (tertiary/aromatic N) is 3. The fraction of sp³-hybridized carbons (Fsp3) is 0.342. The second-order valence-corrected chi connectivity index (χ2v) is 29.1. The number of hydrogen-bond acceptors (Lipinski definition) is 25. The third-order valence-corrected chi connectivity index (χ3v) is 20.7. The number of aliphatic hydroxyl groups is 3. The summed E-state index contributed by atoms with van der Waals surface area (Å²) in [5.74, 6) is -17.1. The summed E-state index contributed by atoms with van der Waals surface area (Å²) < 4.78 is 38.8. The van der Waals surface area contributed by atoms with Crippen LogP contribution in [0.25, 0.3) is 11.1 Å². The fourth-order valence-electron chi connectivity index (χ4n) is 14.4. The number of aliphatic carboxylic acids is 1. The summed E-state index contributed by atoms with van der Waals surface area (Å²) in [6.45, 7) is 2.60. The summed E-state index contributed by atoms with van der Waals surface area (Å²) in [6, 6.07) is 5.21. The number of phenolic OH excluding ortho intramolecular Hbond substituents is 6. The Bertz CT molecular complexity index is 5110. The lowest BCUT2D eigenvalue weighted by atomic mass is 9.89. The van der Waals surface area contributed by atoms with Gasteiger partial charge in [-0.25, -0.2) is 9.48 Å². The summed E-state index contributed by atoms with van der Waals surface area (Å²) >= 11 is 14.2. The number of nitrogens with one attached hydrogen (secondary N) is 7. The Morgan fingerprint density at radius 2 is 1.21 bits per heavy atom. The molecule has 36 heteroatoms. The lowest BCUT2D eigenvalue weighted by molar-refractivity contribution is -0.284. The molecular weight excluding hydrogens is 1540 g/mol. The van der Waals surface area contributed by atoms with Crippen LogP contribution in [0.15, 0.2) is 121 Å². The molecule has 0 spiro atoms. The molecule has 7 aliphatic heterocycles. The minimum absolute atomic E-state index is 0.00398. The van der Waals surface area contributed by atoms with Crippen molar-refractivity contribution in [3.05, 3.63) is 176 Å². The lowest BCUT2D eigenvalue weighted by Crippen LogP contribution is -2.65. The Balaban J connectivity index is 0.965. The van der Waals surface area contributed by atoms with Crippen molar-refractivity contribution in [1.29, 1.82) is 0 Å². The van der Waals surface area contributed by atoms with Crippen molar-refractivity contribution in [1.82, 2.24) is 52.2 Å². The minimum Gasteiger partial charge on any atom is -0.508 e. The molecule has 1 aromatic heterocycles. The molecule has 0 saturated carbocycles. The highest BCUT2D eigenvalue weighted by Crippen LogP contribution is 2.49. The van der Waals surface area contributed by atoms with Gasteiger partial charge in [-0.05, 0) is 119 Å². The van der Waals surface area contributed by atoms with E-state index in [1.54, 1.807) is 0 Å². The molecule has 1 saturated heterocycles. The molecule has 17 N–H and O–H groups in total. The van der Waals surface area contributed by atoms with Crippen LogP contribution in [0.3, 0.4) is 0 Å². The molecule has 8 heterocycles. The van der Waals surface area contributed by atoms with E-state index in [1.807, 2.05) is 0 Å². The number of rotatable bonds is 17. The first-order valence-corrected chi connectivity index (χ1v) is 37.5. The van der Waals surface area contributed by atoms with Gasteiger partial charge in [0.15, 0.2) is 41.4 Å². The van der Waals surface area contributed by atoms with Gasteiger partial charge in [-0.3, -0.25) is 33.6 Å². The number of halogens is 2. The predicted octanol–water partition coefficient (Wildman–Crippen LogP) is 6.79. The first-order chi connectivity index (χ1) is 55.1. The molecule has 7 amide bonds.